The zero-order valence-corrected chi connectivity index (χ0v) is 27.4. The first-order valence-corrected chi connectivity index (χ1v) is 16.2. The van der Waals surface area contributed by atoms with Gasteiger partial charge in [-0.05, 0) is 63.1 Å². The van der Waals surface area contributed by atoms with Crippen molar-refractivity contribution in [2.24, 2.45) is 0 Å². The van der Waals surface area contributed by atoms with Gasteiger partial charge < -0.3 is 23.8 Å². The van der Waals surface area contributed by atoms with Gasteiger partial charge in [-0.3, -0.25) is 9.80 Å². The molecular formula is C36H49N3O5. The van der Waals surface area contributed by atoms with Crippen LogP contribution in [0.2, 0.25) is 0 Å². The fourth-order valence-electron chi connectivity index (χ4n) is 8.00. The maximum atomic E-state index is 14.5. The molecular weight excluding hydrogens is 554 g/mol. The molecule has 0 N–H and O–H groups in total. The second kappa shape index (κ2) is 12.4. The molecule has 2 amide bonds. The number of likely N-dealkylation sites (tertiary alicyclic amines) is 1. The van der Waals surface area contributed by atoms with Crippen LogP contribution in [-0.4, -0.2) is 79.6 Å². The van der Waals surface area contributed by atoms with Crippen LogP contribution in [0.4, 0.5) is 4.79 Å². The lowest BCUT2D eigenvalue weighted by molar-refractivity contribution is -0.164. The summed E-state index contributed by atoms with van der Waals surface area (Å²) in [4.78, 5) is 21.2. The summed E-state index contributed by atoms with van der Waals surface area (Å²) in [5.41, 5.74) is 6.49. The molecule has 3 saturated heterocycles. The molecule has 1 atom stereocenters. The van der Waals surface area contributed by atoms with Crippen LogP contribution in [0.15, 0.2) is 42.1 Å². The normalized spacial score (nSPS) is 22.8. The molecule has 6 rings (SSSR count). The minimum absolute atomic E-state index is 0.0533. The predicted octanol–water partition coefficient (Wildman–Crippen LogP) is 6.31. The average molecular weight is 604 g/mol. The number of amides is 2. The summed E-state index contributed by atoms with van der Waals surface area (Å²) >= 11 is 0. The van der Waals surface area contributed by atoms with Crippen LogP contribution in [0.1, 0.15) is 73.8 Å². The van der Waals surface area contributed by atoms with Crippen LogP contribution in [0.25, 0.3) is 0 Å². The van der Waals surface area contributed by atoms with Gasteiger partial charge in [0.25, 0.3) is 0 Å². The Morgan fingerprint density at radius 2 is 1.73 bits per heavy atom. The van der Waals surface area contributed by atoms with Crippen molar-refractivity contribution in [1.29, 1.82) is 0 Å². The molecule has 1 unspecified atom stereocenters. The first kappa shape index (κ1) is 30.9. The Morgan fingerprint density at radius 3 is 2.39 bits per heavy atom. The lowest BCUT2D eigenvalue weighted by Crippen LogP contribution is -2.54. The summed E-state index contributed by atoms with van der Waals surface area (Å²) in [6.45, 7) is 13.8. The van der Waals surface area contributed by atoms with Crippen molar-refractivity contribution in [2.45, 2.75) is 90.1 Å². The van der Waals surface area contributed by atoms with Crippen molar-refractivity contribution in [1.82, 2.24) is 14.7 Å². The molecule has 4 heterocycles. The highest BCUT2D eigenvalue weighted by Crippen LogP contribution is 2.50. The van der Waals surface area contributed by atoms with E-state index in [4.69, 9.17) is 18.9 Å². The van der Waals surface area contributed by atoms with Crippen molar-refractivity contribution in [3.8, 4) is 11.5 Å². The van der Waals surface area contributed by atoms with Gasteiger partial charge >= 0.3 is 6.03 Å². The molecule has 4 aliphatic rings. The second-order valence-electron chi connectivity index (χ2n) is 13.6. The molecule has 1 spiro atoms. The van der Waals surface area contributed by atoms with Crippen LogP contribution < -0.4 is 9.47 Å². The van der Waals surface area contributed by atoms with Crippen molar-refractivity contribution < 1.29 is 23.7 Å². The van der Waals surface area contributed by atoms with Gasteiger partial charge in [0.05, 0.1) is 32.9 Å². The minimum atomic E-state index is -0.399. The third-order valence-corrected chi connectivity index (χ3v) is 9.96. The van der Waals surface area contributed by atoms with E-state index in [1.807, 2.05) is 11.0 Å². The Kier molecular flexibility index (Phi) is 8.70. The van der Waals surface area contributed by atoms with Gasteiger partial charge in [0.1, 0.15) is 11.5 Å². The van der Waals surface area contributed by atoms with Gasteiger partial charge in [0.15, 0.2) is 6.29 Å². The number of rotatable bonds is 8. The molecule has 238 valence electrons. The topological polar surface area (TPSA) is 63.7 Å². The molecule has 0 aromatic heterocycles. The van der Waals surface area contributed by atoms with E-state index in [-0.39, 0.29) is 17.7 Å². The average Bonchev–Trinajstić information content (AvgIpc) is 3.10. The number of piperidine rings is 1. The Bertz CT molecular complexity index is 1380. The molecule has 3 fully saturated rings. The lowest BCUT2D eigenvalue weighted by atomic mass is 9.77. The third kappa shape index (κ3) is 5.84. The maximum absolute atomic E-state index is 14.5. The number of urea groups is 1. The van der Waals surface area contributed by atoms with Crippen LogP contribution in [0.3, 0.4) is 0 Å². The van der Waals surface area contributed by atoms with Crippen molar-refractivity contribution >= 4 is 6.03 Å². The number of methoxy groups -OCH3 is 2. The molecule has 8 nitrogen and oxygen atoms in total. The smallest absolute Gasteiger partial charge is 0.325 e. The number of carbonyl (C=O) groups excluding carboxylic acids is 1. The predicted molar refractivity (Wildman–Crippen MR) is 171 cm³/mol. The molecule has 0 bridgehead atoms. The van der Waals surface area contributed by atoms with Crippen LogP contribution >= 0.6 is 0 Å². The van der Waals surface area contributed by atoms with Crippen molar-refractivity contribution in [3.05, 3.63) is 69.9 Å². The first-order valence-electron chi connectivity index (χ1n) is 16.2. The van der Waals surface area contributed by atoms with Gasteiger partial charge in [0.2, 0.25) is 0 Å². The molecule has 2 aromatic carbocycles. The number of hydrogen-bond acceptors (Lipinski definition) is 6. The van der Waals surface area contributed by atoms with E-state index < -0.39 is 5.54 Å². The van der Waals surface area contributed by atoms with Crippen molar-refractivity contribution in [3.63, 3.8) is 0 Å². The number of nitrogens with zero attached hydrogens (tertiary/aromatic N) is 3. The van der Waals surface area contributed by atoms with E-state index in [0.717, 1.165) is 86.7 Å². The summed E-state index contributed by atoms with van der Waals surface area (Å²) in [6.07, 6.45) is 7.04. The zero-order valence-electron chi connectivity index (χ0n) is 27.4. The summed E-state index contributed by atoms with van der Waals surface area (Å²) in [7, 11) is 3.38. The Morgan fingerprint density at radius 1 is 0.977 bits per heavy atom. The molecule has 8 heteroatoms. The fraction of sp³-hybridized carbons (Fsp3) is 0.583. The van der Waals surface area contributed by atoms with Gasteiger partial charge in [0, 0.05) is 55.5 Å². The number of carbonyl (C=O) groups is 1. The highest BCUT2D eigenvalue weighted by atomic mass is 16.7. The van der Waals surface area contributed by atoms with E-state index in [0.29, 0.717) is 19.7 Å². The van der Waals surface area contributed by atoms with Gasteiger partial charge in [-0.15, -0.1) is 0 Å². The van der Waals surface area contributed by atoms with E-state index in [9.17, 15) is 4.79 Å². The highest BCUT2D eigenvalue weighted by molar-refractivity contribution is 5.83. The monoisotopic (exact) mass is 603 g/mol. The summed E-state index contributed by atoms with van der Waals surface area (Å²) in [5, 5.41) is 0. The van der Waals surface area contributed by atoms with E-state index in [1.54, 1.807) is 14.2 Å². The largest absolute Gasteiger partial charge is 0.497 e. The molecule has 2 aromatic rings. The van der Waals surface area contributed by atoms with Gasteiger partial charge in [-0.25, -0.2) is 4.79 Å². The Labute approximate surface area is 262 Å². The van der Waals surface area contributed by atoms with Crippen LogP contribution in [0, 0.1) is 13.8 Å². The minimum Gasteiger partial charge on any atom is -0.497 e. The highest BCUT2D eigenvalue weighted by Gasteiger charge is 2.56. The number of benzene rings is 2. The SMILES string of the molecule is COc1cc2c(c(OC)c1)C(C)(C)C=C1N(C2)C(=O)N(CCOC2CCCCO2)C12CCN(Cc1cc(C)cc(C)c1)CC2. The quantitative estimate of drug-likeness (QED) is 0.352. The summed E-state index contributed by atoms with van der Waals surface area (Å²) < 4.78 is 23.6. The molecule has 0 radical (unpaired) electrons. The molecule has 0 saturated carbocycles. The molecule has 0 aliphatic carbocycles. The number of hydrogen-bond donors (Lipinski definition) is 0. The Balaban J connectivity index is 1.32. The number of allylic oxidation sites excluding steroid dienone is 1. The van der Waals surface area contributed by atoms with Gasteiger partial charge in [-0.2, -0.15) is 0 Å². The Hall–Kier alpha value is -3.07. The van der Waals surface area contributed by atoms with Crippen LogP contribution in [0.5, 0.6) is 11.5 Å². The van der Waals surface area contributed by atoms with E-state index in [2.05, 4.69) is 67.8 Å². The standard InChI is InChI=1S/C36H49N3O5/c1-25-17-26(2)19-27(18-25)23-37-12-10-36(11-13-37)31-22-35(3,4)33-28(20-29(41-5)21-30(33)42-6)24-38(31)34(40)39(36)14-16-44-32-9-7-8-15-43-32/h17-22,32H,7-16,23-24H2,1-6H3. The number of aryl methyl sites for hydroxylation is 2. The van der Waals surface area contributed by atoms with Crippen molar-refractivity contribution in [2.75, 3.05) is 47.1 Å². The number of fused-ring (bicyclic) bond motifs is 3. The molecule has 44 heavy (non-hydrogen) atoms. The second-order valence-corrected chi connectivity index (χ2v) is 13.6. The first-order chi connectivity index (χ1) is 21.1. The van der Waals surface area contributed by atoms with E-state index >= 15 is 0 Å². The summed E-state index contributed by atoms with van der Waals surface area (Å²) in [6, 6.07) is 10.9. The van der Waals surface area contributed by atoms with E-state index in [1.165, 1.54) is 16.7 Å². The third-order valence-electron chi connectivity index (χ3n) is 9.96. The lowest BCUT2D eigenvalue weighted by Gasteiger charge is -2.45. The zero-order chi connectivity index (χ0) is 31.1. The van der Waals surface area contributed by atoms with Gasteiger partial charge in [-0.1, -0.05) is 49.2 Å². The maximum Gasteiger partial charge on any atom is 0.325 e. The fourth-order valence-corrected chi connectivity index (χ4v) is 8.00. The summed E-state index contributed by atoms with van der Waals surface area (Å²) in [5.74, 6) is 1.53. The van der Waals surface area contributed by atoms with Crippen LogP contribution in [-0.2, 0) is 28.0 Å². The number of ether oxygens (including phenoxy) is 4. The molecule has 4 aliphatic heterocycles.